The number of amides is 1. The molecule has 0 spiro atoms. The lowest BCUT2D eigenvalue weighted by Gasteiger charge is -2.06. The number of fused-ring (bicyclic) bond motifs is 1. The van der Waals surface area contributed by atoms with Gasteiger partial charge in [0.2, 0.25) is 6.79 Å². The molecule has 1 amide bonds. The van der Waals surface area contributed by atoms with Crippen LogP contribution in [0.2, 0.25) is 0 Å². The van der Waals surface area contributed by atoms with Gasteiger partial charge in [0.25, 0.3) is 11.5 Å². The number of aromatic nitrogens is 2. The van der Waals surface area contributed by atoms with E-state index < -0.39 is 5.91 Å². The lowest BCUT2D eigenvalue weighted by atomic mass is 10.2. The maximum absolute atomic E-state index is 12.0. The first kappa shape index (κ1) is 12.2. The summed E-state index contributed by atoms with van der Waals surface area (Å²) in [6.45, 7) is 0.176. The molecule has 0 radical (unpaired) electrons. The summed E-state index contributed by atoms with van der Waals surface area (Å²) in [5.74, 6) is 0.818. The van der Waals surface area contributed by atoms with Crippen molar-refractivity contribution in [2.45, 2.75) is 0 Å². The summed E-state index contributed by atoms with van der Waals surface area (Å²) in [6, 6.07) is 7.76. The van der Waals surface area contributed by atoms with Gasteiger partial charge in [-0.25, -0.2) is 4.68 Å². The Bertz CT molecular complexity index is 739. The first-order valence-corrected chi connectivity index (χ1v) is 5.89. The van der Waals surface area contributed by atoms with Crippen molar-refractivity contribution >= 4 is 11.6 Å². The van der Waals surface area contributed by atoms with Crippen molar-refractivity contribution < 1.29 is 14.3 Å². The Hall–Kier alpha value is -2.83. The second kappa shape index (κ2) is 4.69. The standard InChI is InChI=1S/C13H11N3O4/c1-16-12(17)5-3-9(15-16)13(18)14-8-2-4-10-11(6-8)20-7-19-10/h2-6H,7H2,1H3,(H,14,18). The minimum absolute atomic E-state index is 0.157. The number of carbonyl (C=O) groups excluding carboxylic acids is 1. The Morgan fingerprint density at radius 2 is 2.05 bits per heavy atom. The molecule has 1 aliphatic heterocycles. The molecule has 0 fully saturated rings. The van der Waals surface area contributed by atoms with Crippen LogP contribution in [0.15, 0.2) is 35.1 Å². The van der Waals surface area contributed by atoms with E-state index in [9.17, 15) is 9.59 Å². The van der Waals surface area contributed by atoms with Crippen molar-refractivity contribution in [2.75, 3.05) is 12.1 Å². The fourth-order valence-electron chi connectivity index (χ4n) is 1.79. The number of anilines is 1. The first-order valence-electron chi connectivity index (χ1n) is 5.89. The van der Waals surface area contributed by atoms with E-state index in [2.05, 4.69) is 10.4 Å². The molecule has 0 aliphatic carbocycles. The third-order valence-electron chi connectivity index (χ3n) is 2.82. The first-order chi connectivity index (χ1) is 9.63. The SMILES string of the molecule is Cn1nc(C(=O)Nc2ccc3c(c2)OCO3)ccc1=O. The topological polar surface area (TPSA) is 82.5 Å². The number of ether oxygens (including phenoxy) is 2. The van der Waals surface area contributed by atoms with Gasteiger partial charge in [-0.05, 0) is 18.2 Å². The van der Waals surface area contributed by atoms with Crippen LogP contribution < -0.4 is 20.3 Å². The van der Waals surface area contributed by atoms with E-state index in [-0.39, 0.29) is 18.0 Å². The van der Waals surface area contributed by atoms with Crippen LogP contribution in [0.4, 0.5) is 5.69 Å². The zero-order valence-electron chi connectivity index (χ0n) is 10.6. The molecule has 7 nitrogen and oxygen atoms in total. The zero-order valence-corrected chi connectivity index (χ0v) is 10.6. The van der Waals surface area contributed by atoms with Crippen molar-refractivity contribution in [3.05, 3.63) is 46.4 Å². The summed E-state index contributed by atoms with van der Waals surface area (Å²) in [6.07, 6.45) is 0. The second-order valence-corrected chi connectivity index (χ2v) is 4.20. The number of nitrogens with one attached hydrogen (secondary N) is 1. The number of hydrogen-bond acceptors (Lipinski definition) is 5. The van der Waals surface area contributed by atoms with Gasteiger partial charge in [-0.1, -0.05) is 0 Å². The Kier molecular flexibility index (Phi) is 2.86. The van der Waals surface area contributed by atoms with Crippen LogP contribution in [0.5, 0.6) is 11.5 Å². The number of hydrogen-bond donors (Lipinski definition) is 1. The minimum atomic E-state index is -0.403. The summed E-state index contributed by atoms with van der Waals surface area (Å²) in [5, 5.41) is 6.56. The minimum Gasteiger partial charge on any atom is -0.454 e. The van der Waals surface area contributed by atoms with E-state index in [0.29, 0.717) is 17.2 Å². The molecule has 0 saturated carbocycles. The molecule has 0 bridgehead atoms. The molecular formula is C13H11N3O4. The predicted molar refractivity (Wildman–Crippen MR) is 70.0 cm³/mol. The van der Waals surface area contributed by atoms with Gasteiger partial charge in [-0.15, -0.1) is 0 Å². The van der Waals surface area contributed by atoms with E-state index >= 15 is 0 Å². The van der Waals surface area contributed by atoms with Gasteiger partial charge < -0.3 is 14.8 Å². The fourth-order valence-corrected chi connectivity index (χ4v) is 1.79. The Morgan fingerprint density at radius 3 is 2.85 bits per heavy atom. The maximum atomic E-state index is 12.0. The monoisotopic (exact) mass is 273 g/mol. The van der Waals surface area contributed by atoms with E-state index in [0.717, 1.165) is 4.68 Å². The number of aryl methyl sites for hydroxylation is 1. The maximum Gasteiger partial charge on any atom is 0.276 e. The highest BCUT2D eigenvalue weighted by molar-refractivity contribution is 6.02. The van der Waals surface area contributed by atoms with Gasteiger partial charge in [0.1, 0.15) is 5.69 Å². The zero-order chi connectivity index (χ0) is 14.1. The largest absolute Gasteiger partial charge is 0.454 e. The summed E-state index contributed by atoms with van der Waals surface area (Å²) < 4.78 is 11.5. The third-order valence-corrected chi connectivity index (χ3v) is 2.82. The molecule has 2 aromatic rings. The number of benzene rings is 1. The van der Waals surface area contributed by atoms with Crippen LogP contribution in [0.1, 0.15) is 10.5 Å². The number of rotatable bonds is 2. The van der Waals surface area contributed by atoms with Crippen molar-refractivity contribution in [2.24, 2.45) is 7.05 Å². The summed E-state index contributed by atoms with van der Waals surface area (Å²) in [7, 11) is 1.49. The summed E-state index contributed by atoms with van der Waals surface area (Å²) >= 11 is 0. The molecule has 3 rings (SSSR count). The molecule has 1 aliphatic rings. The third kappa shape index (κ3) is 2.20. The summed E-state index contributed by atoms with van der Waals surface area (Å²) in [4.78, 5) is 23.2. The van der Waals surface area contributed by atoms with Crippen LogP contribution in [-0.4, -0.2) is 22.5 Å². The molecule has 2 heterocycles. The van der Waals surface area contributed by atoms with E-state index in [1.165, 1.54) is 19.2 Å². The summed E-state index contributed by atoms with van der Waals surface area (Å²) in [5.41, 5.74) is 0.448. The van der Waals surface area contributed by atoms with Crippen LogP contribution in [0.25, 0.3) is 0 Å². The average molecular weight is 273 g/mol. The molecular weight excluding hydrogens is 262 g/mol. The highest BCUT2D eigenvalue weighted by Crippen LogP contribution is 2.34. The molecule has 1 aromatic carbocycles. The van der Waals surface area contributed by atoms with Crippen molar-refractivity contribution in [1.82, 2.24) is 9.78 Å². The molecule has 0 unspecified atom stereocenters. The molecule has 1 aromatic heterocycles. The number of carbonyl (C=O) groups is 1. The van der Waals surface area contributed by atoms with Gasteiger partial charge in [0.05, 0.1) is 0 Å². The van der Waals surface area contributed by atoms with Gasteiger partial charge in [0.15, 0.2) is 11.5 Å². The van der Waals surface area contributed by atoms with Crippen molar-refractivity contribution in [3.8, 4) is 11.5 Å². The van der Waals surface area contributed by atoms with Crippen molar-refractivity contribution in [1.29, 1.82) is 0 Å². The Labute approximate surface area is 113 Å². The fraction of sp³-hybridized carbons (Fsp3) is 0.154. The molecule has 102 valence electrons. The van der Waals surface area contributed by atoms with Crippen LogP contribution in [-0.2, 0) is 7.05 Å². The van der Waals surface area contributed by atoms with E-state index in [1.807, 2.05) is 0 Å². The van der Waals surface area contributed by atoms with Crippen LogP contribution >= 0.6 is 0 Å². The van der Waals surface area contributed by atoms with Crippen molar-refractivity contribution in [3.63, 3.8) is 0 Å². The second-order valence-electron chi connectivity index (χ2n) is 4.20. The Morgan fingerprint density at radius 1 is 1.25 bits per heavy atom. The molecule has 20 heavy (non-hydrogen) atoms. The lowest BCUT2D eigenvalue weighted by Crippen LogP contribution is -2.23. The highest BCUT2D eigenvalue weighted by atomic mass is 16.7. The van der Waals surface area contributed by atoms with Gasteiger partial charge in [-0.2, -0.15) is 5.10 Å². The van der Waals surface area contributed by atoms with E-state index in [4.69, 9.17) is 9.47 Å². The van der Waals surface area contributed by atoms with Gasteiger partial charge >= 0.3 is 0 Å². The van der Waals surface area contributed by atoms with Gasteiger partial charge in [0, 0.05) is 24.9 Å². The molecule has 0 saturated heterocycles. The molecule has 7 heteroatoms. The highest BCUT2D eigenvalue weighted by Gasteiger charge is 2.15. The molecule has 1 N–H and O–H groups in total. The predicted octanol–water partition coefficient (Wildman–Crippen LogP) is 0.761. The normalized spacial score (nSPS) is 12.2. The van der Waals surface area contributed by atoms with Crippen LogP contribution in [0, 0.1) is 0 Å². The smallest absolute Gasteiger partial charge is 0.276 e. The average Bonchev–Trinajstić information content (AvgIpc) is 2.89. The molecule has 0 atom stereocenters. The lowest BCUT2D eigenvalue weighted by molar-refractivity contribution is 0.102. The van der Waals surface area contributed by atoms with Crippen LogP contribution in [0.3, 0.4) is 0 Å². The quantitative estimate of drug-likeness (QED) is 0.873. The van der Waals surface area contributed by atoms with Gasteiger partial charge in [-0.3, -0.25) is 9.59 Å². The Balaban J connectivity index is 1.82. The van der Waals surface area contributed by atoms with E-state index in [1.54, 1.807) is 18.2 Å². The number of nitrogens with zero attached hydrogens (tertiary/aromatic N) is 2.